The Morgan fingerprint density at radius 3 is 3.24 bits per heavy atom. The number of fused-ring (bicyclic) bond motifs is 1. The van der Waals surface area contributed by atoms with Gasteiger partial charge in [0.1, 0.15) is 5.82 Å². The highest BCUT2D eigenvalue weighted by Crippen LogP contribution is 2.18. The van der Waals surface area contributed by atoms with Gasteiger partial charge in [-0.25, -0.2) is 4.98 Å². The first-order chi connectivity index (χ1) is 8.31. The highest BCUT2D eigenvalue weighted by Gasteiger charge is 2.15. The van der Waals surface area contributed by atoms with Crippen molar-refractivity contribution in [1.29, 1.82) is 0 Å². The van der Waals surface area contributed by atoms with E-state index >= 15 is 0 Å². The van der Waals surface area contributed by atoms with Crippen LogP contribution in [0.15, 0.2) is 18.2 Å². The van der Waals surface area contributed by atoms with E-state index in [0.29, 0.717) is 6.04 Å². The molecule has 1 aliphatic heterocycles. The molecule has 0 spiro atoms. The first-order valence-corrected chi connectivity index (χ1v) is 7.30. The maximum absolute atomic E-state index is 5.96. The van der Waals surface area contributed by atoms with Crippen LogP contribution in [0.25, 0.3) is 11.0 Å². The lowest BCUT2D eigenvalue weighted by Crippen LogP contribution is -2.39. The first-order valence-electron chi connectivity index (χ1n) is 5.76. The minimum Gasteiger partial charge on any atom is -0.342 e. The molecule has 2 N–H and O–H groups in total. The van der Waals surface area contributed by atoms with Crippen molar-refractivity contribution < 1.29 is 0 Å². The van der Waals surface area contributed by atoms with E-state index in [9.17, 15) is 0 Å². The van der Waals surface area contributed by atoms with E-state index in [0.717, 1.165) is 40.6 Å². The molecule has 1 saturated heterocycles. The normalized spacial score (nSPS) is 20.9. The van der Waals surface area contributed by atoms with Gasteiger partial charge < -0.3 is 10.3 Å². The topological polar surface area (TPSA) is 40.7 Å². The van der Waals surface area contributed by atoms with Crippen molar-refractivity contribution >= 4 is 34.4 Å². The van der Waals surface area contributed by atoms with Gasteiger partial charge in [-0.1, -0.05) is 11.6 Å². The standard InChI is InChI=1S/C12H14ClN3S/c13-8-1-2-10-11(5-8)16-12(15-10)6-9-7-17-4-3-14-9/h1-2,5,9,14H,3-4,6-7H2,(H,15,16). The third kappa shape index (κ3) is 2.59. The molecule has 1 aromatic carbocycles. The van der Waals surface area contributed by atoms with E-state index in [4.69, 9.17) is 11.6 Å². The van der Waals surface area contributed by atoms with Crippen LogP contribution in [0.2, 0.25) is 5.02 Å². The van der Waals surface area contributed by atoms with Crippen molar-refractivity contribution in [3.05, 3.63) is 29.0 Å². The summed E-state index contributed by atoms with van der Waals surface area (Å²) in [6.07, 6.45) is 0.958. The number of H-pyrrole nitrogens is 1. The van der Waals surface area contributed by atoms with Crippen molar-refractivity contribution in [2.24, 2.45) is 0 Å². The Morgan fingerprint density at radius 2 is 2.41 bits per heavy atom. The Kier molecular flexibility index (Phi) is 3.27. The van der Waals surface area contributed by atoms with Gasteiger partial charge in [-0.2, -0.15) is 11.8 Å². The average Bonchev–Trinajstić information content (AvgIpc) is 2.71. The third-order valence-corrected chi connectivity index (χ3v) is 4.30. The van der Waals surface area contributed by atoms with Crippen LogP contribution in [0.1, 0.15) is 5.82 Å². The minimum atomic E-state index is 0.532. The summed E-state index contributed by atoms with van der Waals surface area (Å²) in [6.45, 7) is 1.10. The quantitative estimate of drug-likeness (QED) is 0.878. The number of nitrogens with zero attached hydrogens (tertiary/aromatic N) is 1. The molecular weight excluding hydrogens is 254 g/mol. The Hall–Kier alpha value is -0.710. The number of benzene rings is 1. The first kappa shape index (κ1) is 11.4. The number of imidazole rings is 1. The number of hydrogen-bond donors (Lipinski definition) is 2. The molecule has 1 aliphatic rings. The summed E-state index contributed by atoms with van der Waals surface area (Å²) >= 11 is 7.96. The molecule has 2 aromatic rings. The number of halogens is 1. The number of hydrogen-bond acceptors (Lipinski definition) is 3. The molecule has 0 saturated carbocycles. The molecule has 1 unspecified atom stereocenters. The Balaban J connectivity index is 1.80. The smallest absolute Gasteiger partial charge is 0.108 e. The van der Waals surface area contributed by atoms with Crippen molar-refractivity contribution in [3.63, 3.8) is 0 Å². The SMILES string of the molecule is Clc1ccc2nc(CC3CSCCN3)[nH]c2c1. The molecule has 1 fully saturated rings. The van der Waals surface area contributed by atoms with E-state index < -0.39 is 0 Å². The highest BCUT2D eigenvalue weighted by molar-refractivity contribution is 7.99. The maximum atomic E-state index is 5.96. The summed E-state index contributed by atoms with van der Waals surface area (Å²) < 4.78 is 0. The van der Waals surface area contributed by atoms with Gasteiger partial charge in [0.15, 0.2) is 0 Å². The van der Waals surface area contributed by atoms with Gasteiger partial charge in [-0.05, 0) is 18.2 Å². The average molecular weight is 268 g/mol. The summed E-state index contributed by atoms with van der Waals surface area (Å²) in [4.78, 5) is 7.92. The van der Waals surface area contributed by atoms with Crippen molar-refractivity contribution in [2.45, 2.75) is 12.5 Å². The van der Waals surface area contributed by atoms with Crippen LogP contribution in [0.5, 0.6) is 0 Å². The Labute approximate surface area is 109 Å². The molecule has 0 aliphatic carbocycles. The Morgan fingerprint density at radius 1 is 1.47 bits per heavy atom. The van der Waals surface area contributed by atoms with Crippen molar-refractivity contribution in [3.8, 4) is 0 Å². The third-order valence-electron chi connectivity index (χ3n) is 2.93. The molecule has 0 radical (unpaired) electrons. The predicted molar refractivity (Wildman–Crippen MR) is 73.9 cm³/mol. The van der Waals surface area contributed by atoms with E-state index in [-0.39, 0.29) is 0 Å². The molecule has 2 heterocycles. The zero-order chi connectivity index (χ0) is 11.7. The summed E-state index contributed by atoms with van der Waals surface area (Å²) in [5.74, 6) is 3.42. The summed E-state index contributed by atoms with van der Waals surface area (Å²) in [5.41, 5.74) is 2.02. The summed E-state index contributed by atoms with van der Waals surface area (Å²) in [7, 11) is 0. The summed E-state index contributed by atoms with van der Waals surface area (Å²) in [5, 5.41) is 4.27. The predicted octanol–water partition coefficient (Wildman–Crippen LogP) is 2.46. The van der Waals surface area contributed by atoms with Crippen molar-refractivity contribution in [1.82, 2.24) is 15.3 Å². The lowest BCUT2D eigenvalue weighted by atomic mass is 10.2. The molecule has 17 heavy (non-hydrogen) atoms. The molecule has 5 heteroatoms. The Bertz CT molecular complexity index is 519. The second-order valence-electron chi connectivity index (χ2n) is 4.28. The number of rotatable bonds is 2. The number of thioether (sulfide) groups is 1. The molecule has 1 atom stereocenters. The number of nitrogens with one attached hydrogen (secondary N) is 2. The van der Waals surface area contributed by atoms with E-state index in [1.165, 1.54) is 5.75 Å². The van der Waals surface area contributed by atoms with Gasteiger partial charge in [0, 0.05) is 35.5 Å². The van der Waals surface area contributed by atoms with E-state index in [1.807, 2.05) is 30.0 Å². The van der Waals surface area contributed by atoms with Crippen LogP contribution < -0.4 is 5.32 Å². The van der Waals surface area contributed by atoms with E-state index in [2.05, 4.69) is 15.3 Å². The van der Waals surface area contributed by atoms with Crippen LogP contribution >= 0.6 is 23.4 Å². The second kappa shape index (κ2) is 4.88. The van der Waals surface area contributed by atoms with Gasteiger partial charge in [-0.3, -0.25) is 0 Å². The van der Waals surface area contributed by atoms with Gasteiger partial charge in [0.25, 0.3) is 0 Å². The zero-order valence-electron chi connectivity index (χ0n) is 9.37. The van der Waals surface area contributed by atoms with Gasteiger partial charge in [-0.15, -0.1) is 0 Å². The fourth-order valence-corrected chi connectivity index (χ4v) is 3.24. The number of aromatic nitrogens is 2. The molecule has 0 bridgehead atoms. The van der Waals surface area contributed by atoms with Gasteiger partial charge in [0.2, 0.25) is 0 Å². The van der Waals surface area contributed by atoms with Crippen LogP contribution in [0, 0.1) is 0 Å². The minimum absolute atomic E-state index is 0.532. The molecular formula is C12H14ClN3S. The highest BCUT2D eigenvalue weighted by atomic mass is 35.5. The summed E-state index contributed by atoms with van der Waals surface area (Å²) in [6, 6.07) is 6.30. The molecule has 90 valence electrons. The van der Waals surface area contributed by atoms with Crippen LogP contribution in [0.4, 0.5) is 0 Å². The lowest BCUT2D eigenvalue weighted by molar-refractivity contribution is 0.553. The van der Waals surface area contributed by atoms with Gasteiger partial charge in [0.05, 0.1) is 11.0 Å². The molecule has 3 nitrogen and oxygen atoms in total. The van der Waals surface area contributed by atoms with E-state index in [1.54, 1.807) is 0 Å². The zero-order valence-corrected chi connectivity index (χ0v) is 10.9. The number of aromatic amines is 1. The van der Waals surface area contributed by atoms with Gasteiger partial charge >= 0.3 is 0 Å². The fourth-order valence-electron chi connectivity index (χ4n) is 2.12. The van der Waals surface area contributed by atoms with Crippen LogP contribution in [-0.2, 0) is 6.42 Å². The lowest BCUT2D eigenvalue weighted by Gasteiger charge is -2.21. The molecule has 0 amide bonds. The van der Waals surface area contributed by atoms with Crippen LogP contribution in [0.3, 0.4) is 0 Å². The maximum Gasteiger partial charge on any atom is 0.108 e. The molecule has 1 aromatic heterocycles. The second-order valence-corrected chi connectivity index (χ2v) is 5.86. The monoisotopic (exact) mass is 267 g/mol. The molecule has 3 rings (SSSR count). The fraction of sp³-hybridized carbons (Fsp3) is 0.417. The van der Waals surface area contributed by atoms with Crippen LogP contribution in [-0.4, -0.2) is 34.1 Å². The van der Waals surface area contributed by atoms with Crippen molar-refractivity contribution in [2.75, 3.05) is 18.1 Å². The largest absolute Gasteiger partial charge is 0.342 e.